The van der Waals surface area contributed by atoms with Gasteiger partial charge in [0.25, 0.3) is 0 Å². The molecule has 2 N–H and O–H groups in total. The summed E-state index contributed by atoms with van der Waals surface area (Å²) in [7, 11) is 3.23. The summed E-state index contributed by atoms with van der Waals surface area (Å²) in [5.41, 5.74) is 3.27. The summed E-state index contributed by atoms with van der Waals surface area (Å²) in [5, 5.41) is 20.7. The molecule has 2 saturated heterocycles. The normalized spacial score (nSPS) is 17.8. The molecule has 32 heavy (non-hydrogen) atoms. The third-order valence-corrected chi connectivity index (χ3v) is 6.49. The van der Waals surface area contributed by atoms with E-state index >= 15 is 0 Å². The Morgan fingerprint density at radius 2 is 1.91 bits per heavy atom. The van der Waals surface area contributed by atoms with Gasteiger partial charge in [0.1, 0.15) is 5.82 Å². The first-order valence-electron chi connectivity index (χ1n) is 10.5. The number of rotatable bonds is 4. The topological polar surface area (TPSA) is 100 Å². The number of amides is 2. The maximum absolute atomic E-state index is 12.5. The number of aromatic hydroxyl groups is 2. The van der Waals surface area contributed by atoms with Crippen LogP contribution in [0.4, 0.5) is 10.5 Å². The highest BCUT2D eigenvalue weighted by molar-refractivity contribution is 5.96. The number of anilines is 1. The minimum absolute atomic E-state index is 0.0348. The van der Waals surface area contributed by atoms with E-state index in [4.69, 9.17) is 14.5 Å². The van der Waals surface area contributed by atoms with Gasteiger partial charge in [-0.25, -0.2) is 9.78 Å². The van der Waals surface area contributed by atoms with E-state index in [-0.39, 0.29) is 28.8 Å². The average Bonchev–Trinajstić information content (AvgIpc) is 3.30. The summed E-state index contributed by atoms with van der Waals surface area (Å²) in [6.07, 6.45) is 0. The predicted molar refractivity (Wildman–Crippen MR) is 120 cm³/mol. The molecule has 168 valence electrons. The van der Waals surface area contributed by atoms with Crippen molar-refractivity contribution in [2.24, 2.45) is 0 Å². The zero-order chi connectivity index (χ0) is 22.8. The number of benzene rings is 2. The van der Waals surface area contributed by atoms with Crippen LogP contribution in [0.15, 0.2) is 24.3 Å². The molecule has 0 unspecified atom stereocenters. The number of phenols is 2. The molecule has 0 spiro atoms. The smallest absolute Gasteiger partial charge is 0.324 e. The molecule has 0 bridgehead atoms. The molecule has 3 aromatic rings. The number of phenolic OH excluding ortho intramolecular Hbond substituents is 2. The number of urea groups is 1. The van der Waals surface area contributed by atoms with E-state index in [2.05, 4.69) is 11.5 Å². The van der Waals surface area contributed by atoms with Crippen LogP contribution in [0.25, 0.3) is 22.4 Å². The third-order valence-electron chi connectivity index (χ3n) is 6.49. The van der Waals surface area contributed by atoms with Crippen LogP contribution in [0.2, 0.25) is 0 Å². The largest absolute Gasteiger partial charge is 0.504 e. The minimum Gasteiger partial charge on any atom is -0.504 e. The molecule has 0 saturated carbocycles. The summed E-state index contributed by atoms with van der Waals surface area (Å²) in [5.74, 6) is 0.273. The molecule has 9 nitrogen and oxygen atoms in total. The number of hydrogen-bond donors (Lipinski definition) is 2. The van der Waals surface area contributed by atoms with Gasteiger partial charge in [0.15, 0.2) is 11.5 Å². The third kappa shape index (κ3) is 2.81. The monoisotopic (exact) mass is 438 g/mol. The first-order valence-corrected chi connectivity index (χ1v) is 10.5. The quantitative estimate of drug-likeness (QED) is 0.608. The fraction of sp³-hybridized carbons (Fsp3) is 0.391. The van der Waals surface area contributed by atoms with Crippen LogP contribution >= 0.6 is 0 Å². The van der Waals surface area contributed by atoms with Crippen molar-refractivity contribution >= 4 is 22.8 Å². The van der Waals surface area contributed by atoms with Gasteiger partial charge in [0, 0.05) is 37.0 Å². The lowest BCUT2D eigenvalue weighted by Gasteiger charge is -2.41. The van der Waals surface area contributed by atoms with E-state index in [1.807, 2.05) is 18.2 Å². The summed E-state index contributed by atoms with van der Waals surface area (Å²) >= 11 is 0. The number of methoxy groups -OCH3 is 1. The first-order chi connectivity index (χ1) is 15.2. The van der Waals surface area contributed by atoms with E-state index in [0.717, 1.165) is 16.7 Å². The Morgan fingerprint density at radius 3 is 2.50 bits per heavy atom. The van der Waals surface area contributed by atoms with Crippen LogP contribution in [0, 0.1) is 6.92 Å². The van der Waals surface area contributed by atoms with Crippen molar-refractivity contribution in [3.8, 4) is 28.6 Å². The summed E-state index contributed by atoms with van der Waals surface area (Å²) in [6, 6.07) is 7.48. The van der Waals surface area contributed by atoms with E-state index in [1.165, 1.54) is 7.11 Å². The van der Waals surface area contributed by atoms with Gasteiger partial charge < -0.3 is 29.2 Å². The summed E-state index contributed by atoms with van der Waals surface area (Å²) in [6.45, 7) is 6.20. The van der Waals surface area contributed by atoms with Gasteiger partial charge in [-0.3, -0.25) is 4.90 Å². The van der Waals surface area contributed by atoms with Crippen molar-refractivity contribution < 1.29 is 24.5 Å². The fourth-order valence-corrected chi connectivity index (χ4v) is 4.49. The molecule has 0 radical (unpaired) electrons. The molecule has 1 aromatic heterocycles. The van der Waals surface area contributed by atoms with Gasteiger partial charge in [-0.2, -0.15) is 0 Å². The van der Waals surface area contributed by atoms with Gasteiger partial charge in [0.2, 0.25) is 5.75 Å². The standard InChI is InChI=1S/C23H26N4O5/c1-13-15(10-18(31-4)20(29)19(13)28)21-24-16-9-14(26-8-7-25(3)22(26)30)5-6-17(16)27(21)23(2)11-32-12-23/h5-6,9-10,28-29H,7-8,11-12H2,1-4H3. The number of aromatic nitrogens is 2. The van der Waals surface area contributed by atoms with Crippen LogP contribution in [-0.2, 0) is 10.3 Å². The van der Waals surface area contributed by atoms with Gasteiger partial charge in [-0.1, -0.05) is 0 Å². The zero-order valence-corrected chi connectivity index (χ0v) is 18.5. The lowest BCUT2D eigenvalue weighted by atomic mass is 9.97. The van der Waals surface area contributed by atoms with Crippen molar-refractivity contribution in [1.29, 1.82) is 0 Å². The van der Waals surface area contributed by atoms with Crippen LogP contribution in [0.3, 0.4) is 0 Å². The molecule has 2 amide bonds. The Kier molecular flexibility index (Phi) is 4.49. The molecule has 9 heteroatoms. The second-order valence-corrected chi connectivity index (χ2v) is 8.74. The number of nitrogens with zero attached hydrogens (tertiary/aromatic N) is 4. The highest BCUT2D eigenvalue weighted by Gasteiger charge is 2.39. The maximum Gasteiger partial charge on any atom is 0.324 e. The lowest BCUT2D eigenvalue weighted by Crippen LogP contribution is -2.49. The van der Waals surface area contributed by atoms with Crippen molar-refractivity contribution in [2.75, 3.05) is 45.4 Å². The summed E-state index contributed by atoms with van der Waals surface area (Å²) in [4.78, 5) is 20.8. The van der Waals surface area contributed by atoms with Crippen LogP contribution in [-0.4, -0.2) is 71.2 Å². The van der Waals surface area contributed by atoms with Crippen LogP contribution < -0.4 is 9.64 Å². The molecule has 2 fully saturated rings. The van der Waals surface area contributed by atoms with Gasteiger partial charge >= 0.3 is 6.03 Å². The predicted octanol–water partition coefficient (Wildman–Crippen LogP) is 3.05. The number of carbonyl (C=O) groups excluding carboxylic acids is 1. The van der Waals surface area contributed by atoms with E-state index < -0.39 is 0 Å². The second kappa shape index (κ2) is 7.03. The maximum atomic E-state index is 12.5. The number of carbonyl (C=O) groups is 1. The first kappa shape index (κ1) is 20.4. The minimum atomic E-state index is -0.317. The van der Waals surface area contributed by atoms with Crippen molar-refractivity contribution in [2.45, 2.75) is 19.4 Å². The molecular weight excluding hydrogens is 412 g/mol. The number of likely N-dealkylation sites (N-methyl/N-ethyl adjacent to an activating group) is 1. The Labute approximate surface area is 185 Å². The highest BCUT2D eigenvalue weighted by atomic mass is 16.5. The van der Waals surface area contributed by atoms with Crippen LogP contribution in [0.5, 0.6) is 17.2 Å². The van der Waals surface area contributed by atoms with Gasteiger partial charge in [-0.15, -0.1) is 0 Å². The van der Waals surface area contributed by atoms with E-state index in [1.54, 1.807) is 29.8 Å². The number of hydrogen-bond acceptors (Lipinski definition) is 6. The van der Waals surface area contributed by atoms with Crippen molar-refractivity contribution in [3.63, 3.8) is 0 Å². The highest BCUT2D eigenvalue weighted by Crippen LogP contribution is 2.45. The number of ether oxygens (including phenoxy) is 2. The lowest BCUT2D eigenvalue weighted by molar-refractivity contribution is -0.0868. The van der Waals surface area contributed by atoms with Crippen LogP contribution in [0.1, 0.15) is 12.5 Å². The number of fused-ring (bicyclic) bond motifs is 1. The Bertz CT molecular complexity index is 1250. The van der Waals surface area contributed by atoms with Crippen molar-refractivity contribution in [3.05, 3.63) is 29.8 Å². The van der Waals surface area contributed by atoms with Gasteiger partial charge in [-0.05, 0) is 38.1 Å². The molecule has 3 heterocycles. The fourth-order valence-electron chi connectivity index (χ4n) is 4.49. The van der Waals surface area contributed by atoms with E-state index in [0.29, 0.717) is 43.3 Å². The van der Waals surface area contributed by atoms with E-state index in [9.17, 15) is 15.0 Å². The molecular formula is C23H26N4O5. The zero-order valence-electron chi connectivity index (χ0n) is 18.5. The SMILES string of the molecule is COc1cc(-c2nc3cc(N4CCN(C)C4=O)ccc3n2C2(C)COC2)c(C)c(O)c1O. The number of imidazole rings is 1. The Morgan fingerprint density at radius 1 is 1.16 bits per heavy atom. The Hall–Kier alpha value is -3.46. The van der Waals surface area contributed by atoms with Gasteiger partial charge in [0.05, 0.1) is 36.9 Å². The average molecular weight is 438 g/mol. The molecule has 2 aromatic carbocycles. The Balaban J connectivity index is 1.73. The molecule has 5 rings (SSSR count). The van der Waals surface area contributed by atoms with Crippen molar-refractivity contribution in [1.82, 2.24) is 14.5 Å². The molecule has 2 aliphatic heterocycles. The molecule has 0 aliphatic carbocycles. The second-order valence-electron chi connectivity index (χ2n) is 8.74. The molecule has 2 aliphatic rings. The summed E-state index contributed by atoms with van der Waals surface area (Å²) < 4.78 is 12.9. The molecule has 0 atom stereocenters.